The highest BCUT2D eigenvalue weighted by molar-refractivity contribution is 6.80. The molecule has 0 aliphatic heterocycles. The lowest BCUT2D eigenvalue weighted by Crippen LogP contribution is -2.36. The second kappa shape index (κ2) is 3.82. The summed E-state index contributed by atoms with van der Waals surface area (Å²) in [6.07, 6.45) is 0.790. The van der Waals surface area contributed by atoms with Crippen molar-refractivity contribution in [1.29, 1.82) is 0 Å². The first-order valence-corrected chi connectivity index (χ1v) is 8.34. The molecule has 0 bridgehead atoms. The highest BCUT2D eigenvalue weighted by Gasteiger charge is 2.35. The minimum absolute atomic E-state index is 0.114. The Labute approximate surface area is 82.4 Å². The van der Waals surface area contributed by atoms with Crippen LogP contribution in [0.15, 0.2) is 0 Å². The van der Waals surface area contributed by atoms with E-state index in [1.165, 1.54) is 0 Å². The van der Waals surface area contributed by atoms with Crippen LogP contribution in [-0.4, -0.2) is 19.1 Å². The summed E-state index contributed by atoms with van der Waals surface area (Å²) in [7, 11) is -1.56. The van der Waals surface area contributed by atoms with Crippen LogP contribution in [-0.2, 0) is 4.79 Å². The van der Waals surface area contributed by atoms with Gasteiger partial charge in [-0.2, -0.15) is 0 Å². The van der Waals surface area contributed by atoms with E-state index in [2.05, 4.69) is 40.4 Å². The van der Waals surface area contributed by atoms with Gasteiger partial charge in [-0.3, -0.25) is 4.79 Å². The molecule has 13 heavy (non-hydrogen) atoms. The van der Waals surface area contributed by atoms with E-state index in [-0.39, 0.29) is 11.0 Å². The smallest absolute Gasteiger partial charge is 0.303 e. The van der Waals surface area contributed by atoms with E-state index in [9.17, 15) is 4.79 Å². The molecule has 0 spiro atoms. The van der Waals surface area contributed by atoms with Gasteiger partial charge in [0.15, 0.2) is 0 Å². The van der Waals surface area contributed by atoms with Crippen molar-refractivity contribution in [2.45, 2.75) is 52.4 Å². The number of rotatable bonds is 3. The van der Waals surface area contributed by atoms with Crippen molar-refractivity contribution in [1.82, 2.24) is 0 Å². The Morgan fingerprint density at radius 1 is 1.31 bits per heavy atom. The molecule has 0 saturated heterocycles. The second-order valence-electron chi connectivity index (χ2n) is 6.02. The van der Waals surface area contributed by atoms with Gasteiger partial charge in [0.2, 0.25) is 0 Å². The van der Waals surface area contributed by atoms with Gasteiger partial charge < -0.3 is 5.11 Å². The van der Waals surface area contributed by atoms with Crippen LogP contribution in [0.5, 0.6) is 0 Å². The van der Waals surface area contributed by atoms with Crippen LogP contribution in [0.2, 0.25) is 25.2 Å². The van der Waals surface area contributed by atoms with Crippen LogP contribution in [0.1, 0.15) is 27.2 Å². The van der Waals surface area contributed by atoms with Gasteiger partial charge >= 0.3 is 5.97 Å². The Balaban J connectivity index is 4.56. The molecule has 2 nitrogen and oxygen atoms in total. The molecule has 1 unspecified atom stereocenters. The highest BCUT2D eigenvalue weighted by atomic mass is 28.3. The van der Waals surface area contributed by atoms with Gasteiger partial charge in [-0.05, 0) is 11.8 Å². The maximum Gasteiger partial charge on any atom is 0.303 e. The third kappa shape index (κ3) is 5.08. The summed E-state index contributed by atoms with van der Waals surface area (Å²) in [6.45, 7) is 12.7. The van der Waals surface area contributed by atoms with Gasteiger partial charge in [-0.1, -0.05) is 40.4 Å². The van der Waals surface area contributed by atoms with Crippen LogP contribution in [0, 0.1) is 5.41 Å². The predicted octanol–water partition coefficient (Wildman–Crippen LogP) is 3.22. The topological polar surface area (TPSA) is 37.3 Å². The van der Waals surface area contributed by atoms with Crippen LogP contribution >= 0.6 is 0 Å². The number of hydrogen-bond acceptors (Lipinski definition) is 1. The summed E-state index contributed by atoms with van der Waals surface area (Å²) >= 11 is 0. The molecule has 0 aliphatic carbocycles. The van der Waals surface area contributed by atoms with E-state index in [1.807, 2.05) is 0 Å². The summed E-state index contributed by atoms with van der Waals surface area (Å²) in [6, 6.07) is 0. The molecule has 3 heteroatoms. The molecular weight excluding hydrogens is 180 g/mol. The second-order valence-corrected chi connectivity index (χ2v) is 11.5. The van der Waals surface area contributed by atoms with Gasteiger partial charge in [0.1, 0.15) is 0 Å². The molecular formula is C10H22O2Si. The van der Waals surface area contributed by atoms with Gasteiger partial charge in [-0.25, -0.2) is 0 Å². The van der Waals surface area contributed by atoms with Crippen LogP contribution in [0.4, 0.5) is 0 Å². The highest BCUT2D eigenvalue weighted by Crippen LogP contribution is 2.34. The van der Waals surface area contributed by atoms with E-state index in [4.69, 9.17) is 5.11 Å². The van der Waals surface area contributed by atoms with Crippen molar-refractivity contribution in [2.24, 2.45) is 5.41 Å². The van der Waals surface area contributed by atoms with Crippen molar-refractivity contribution in [3.8, 4) is 0 Å². The summed E-state index contributed by atoms with van der Waals surface area (Å²) in [4.78, 5) is 11.1. The maximum absolute atomic E-state index is 11.1. The third-order valence-electron chi connectivity index (χ3n) is 2.16. The van der Waals surface area contributed by atoms with Gasteiger partial charge in [-0.15, -0.1) is 0 Å². The van der Waals surface area contributed by atoms with E-state index < -0.39 is 14.0 Å². The fraction of sp³-hybridized carbons (Fsp3) is 0.900. The quantitative estimate of drug-likeness (QED) is 0.713. The zero-order valence-electron chi connectivity index (χ0n) is 9.64. The first-order chi connectivity index (χ1) is 5.54. The lowest BCUT2D eigenvalue weighted by molar-refractivity contribution is -0.137. The Morgan fingerprint density at radius 3 is 1.77 bits per heavy atom. The Bertz CT molecular complexity index is 186. The fourth-order valence-corrected chi connectivity index (χ4v) is 3.34. The molecule has 0 aromatic heterocycles. The van der Waals surface area contributed by atoms with Crippen molar-refractivity contribution < 1.29 is 9.90 Å². The average Bonchev–Trinajstić information content (AvgIpc) is 1.77. The van der Waals surface area contributed by atoms with Crippen molar-refractivity contribution in [2.75, 3.05) is 0 Å². The number of carboxylic acid groups (broad SMARTS) is 1. The zero-order valence-corrected chi connectivity index (χ0v) is 10.6. The Morgan fingerprint density at radius 2 is 1.69 bits per heavy atom. The number of carboxylic acids is 1. The van der Waals surface area contributed by atoms with Crippen molar-refractivity contribution >= 4 is 14.0 Å². The molecule has 1 atom stereocenters. The SMILES string of the molecule is CC(C)(C)CC(C(=O)O)[Si](C)(C)C. The molecule has 0 fully saturated rings. The number of aliphatic carboxylic acids is 1. The summed E-state index contributed by atoms with van der Waals surface area (Å²) in [5, 5.41) is 9.11. The van der Waals surface area contributed by atoms with Crippen molar-refractivity contribution in [3.63, 3.8) is 0 Å². The van der Waals surface area contributed by atoms with Crippen LogP contribution in [0.3, 0.4) is 0 Å². The first-order valence-electron chi connectivity index (χ1n) is 4.77. The molecule has 0 amide bonds. The average molecular weight is 202 g/mol. The Hall–Kier alpha value is -0.313. The van der Waals surface area contributed by atoms with E-state index in [0.717, 1.165) is 6.42 Å². The predicted molar refractivity (Wildman–Crippen MR) is 58.8 cm³/mol. The molecule has 0 aliphatic rings. The van der Waals surface area contributed by atoms with E-state index in [0.29, 0.717) is 0 Å². The largest absolute Gasteiger partial charge is 0.481 e. The lowest BCUT2D eigenvalue weighted by Gasteiger charge is -2.31. The number of hydrogen-bond donors (Lipinski definition) is 1. The monoisotopic (exact) mass is 202 g/mol. The minimum atomic E-state index is -1.56. The number of carbonyl (C=O) groups is 1. The molecule has 0 aromatic carbocycles. The molecule has 0 heterocycles. The van der Waals surface area contributed by atoms with E-state index in [1.54, 1.807) is 0 Å². The van der Waals surface area contributed by atoms with Gasteiger partial charge in [0.05, 0.1) is 13.6 Å². The standard InChI is InChI=1S/C10H22O2Si/c1-10(2,3)7-8(9(11)12)13(4,5)6/h8H,7H2,1-6H3,(H,11,12). The van der Waals surface area contributed by atoms with Crippen LogP contribution in [0.25, 0.3) is 0 Å². The normalized spacial score (nSPS) is 15.5. The Kier molecular flexibility index (Phi) is 3.73. The minimum Gasteiger partial charge on any atom is -0.481 e. The maximum atomic E-state index is 11.1. The molecule has 1 N–H and O–H groups in total. The lowest BCUT2D eigenvalue weighted by atomic mass is 9.90. The van der Waals surface area contributed by atoms with Crippen molar-refractivity contribution in [3.05, 3.63) is 0 Å². The summed E-state index contributed by atoms with van der Waals surface area (Å²) < 4.78 is 0. The summed E-state index contributed by atoms with van der Waals surface area (Å²) in [5.74, 6) is -0.617. The third-order valence-corrected chi connectivity index (χ3v) is 4.70. The van der Waals surface area contributed by atoms with E-state index >= 15 is 0 Å². The molecule has 0 saturated carbocycles. The first kappa shape index (κ1) is 12.7. The molecule has 78 valence electrons. The van der Waals surface area contributed by atoms with Gasteiger partial charge in [0.25, 0.3) is 0 Å². The van der Waals surface area contributed by atoms with Crippen LogP contribution < -0.4 is 0 Å². The fourth-order valence-electron chi connectivity index (χ4n) is 1.38. The molecule has 0 radical (unpaired) electrons. The zero-order chi connectivity index (χ0) is 10.9. The summed E-state index contributed by atoms with van der Waals surface area (Å²) in [5.41, 5.74) is -0.00363. The molecule has 0 aromatic rings. The van der Waals surface area contributed by atoms with Gasteiger partial charge in [0, 0.05) is 0 Å². The molecule has 0 rings (SSSR count).